The molecular formula is C12H17ClIN. The molecule has 0 bridgehead atoms. The molecule has 1 saturated carbocycles. The third-order valence-corrected chi connectivity index (χ3v) is 3.81. The summed E-state index contributed by atoms with van der Waals surface area (Å²) >= 11 is 2.35. The highest BCUT2D eigenvalue weighted by molar-refractivity contribution is 14.1. The molecular weight excluding hydrogens is 320 g/mol. The summed E-state index contributed by atoms with van der Waals surface area (Å²) in [5, 5.41) is 0. The van der Waals surface area contributed by atoms with Crippen LogP contribution in [-0.2, 0) is 0 Å². The fourth-order valence-corrected chi connectivity index (χ4v) is 2.87. The molecule has 1 aliphatic rings. The lowest BCUT2D eigenvalue weighted by Crippen LogP contribution is -2.19. The van der Waals surface area contributed by atoms with Crippen molar-refractivity contribution in [2.75, 3.05) is 0 Å². The Morgan fingerprint density at radius 3 is 2.53 bits per heavy atom. The van der Waals surface area contributed by atoms with Crippen molar-refractivity contribution in [1.29, 1.82) is 0 Å². The van der Waals surface area contributed by atoms with E-state index in [9.17, 15) is 0 Å². The molecule has 0 spiro atoms. The molecule has 0 aromatic heterocycles. The highest BCUT2D eigenvalue weighted by atomic mass is 127. The third kappa shape index (κ3) is 3.33. The van der Waals surface area contributed by atoms with Crippen LogP contribution in [0, 0.1) is 9.49 Å². The fraction of sp³-hybridized carbons (Fsp3) is 0.500. The zero-order valence-corrected chi connectivity index (χ0v) is 11.6. The molecule has 2 N–H and O–H groups in total. The minimum atomic E-state index is 0. The van der Waals surface area contributed by atoms with Crippen molar-refractivity contribution in [1.82, 2.24) is 0 Å². The van der Waals surface area contributed by atoms with E-state index in [2.05, 4.69) is 46.9 Å². The van der Waals surface area contributed by atoms with Gasteiger partial charge in [-0.2, -0.15) is 0 Å². The van der Waals surface area contributed by atoms with E-state index in [1.165, 1.54) is 34.8 Å². The van der Waals surface area contributed by atoms with Gasteiger partial charge >= 0.3 is 0 Å². The van der Waals surface area contributed by atoms with Gasteiger partial charge in [0, 0.05) is 9.61 Å². The second-order valence-corrected chi connectivity index (χ2v) is 5.37. The quantitative estimate of drug-likeness (QED) is 0.814. The molecule has 1 aliphatic carbocycles. The molecule has 2 rings (SSSR count). The molecule has 15 heavy (non-hydrogen) atoms. The van der Waals surface area contributed by atoms with Crippen molar-refractivity contribution >= 4 is 35.0 Å². The predicted molar refractivity (Wildman–Crippen MR) is 75.3 cm³/mol. The average Bonchev–Trinajstić information content (AvgIpc) is 2.69. The average molecular weight is 338 g/mol. The maximum Gasteiger partial charge on any atom is 0.0323 e. The van der Waals surface area contributed by atoms with Gasteiger partial charge < -0.3 is 5.73 Å². The first-order chi connectivity index (χ1) is 6.77. The van der Waals surface area contributed by atoms with Crippen molar-refractivity contribution in [3.8, 4) is 0 Å². The van der Waals surface area contributed by atoms with Crippen LogP contribution in [0.2, 0.25) is 0 Å². The molecule has 0 heterocycles. The van der Waals surface area contributed by atoms with E-state index >= 15 is 0 Å². The minimum absolute atomic E-state index is 0. The largest absolute Gasteiger partial charge is 0.324 e. The highest BCUT2D eigenvalue weighted by Gasteiger charge is 2.22. The second kappa shape index (κ2) is 6.06. The van der Waals surface area contributed by atoms with E-state index in [4.69, 9.17) is 5.73 Å². The van der Waals surface area contributed by atoms with E-state index in [-0.39, 0.29) is 18.4 Å². The van der Waals surface area contributed by atoms with Gasteiger partial charge in [-0.3, -0.25) is 0 Å². The van der Waals surface area contributed by atoms with Gasteiger partial charge in [-0.15, -0.1) is 12.4 Å². The number of rotatable bonds is 2. The van der Waals surface area contributed by atoms with Crippen molar-refractivity contribution in [2.45, 2.75) is 31.7 Å². The van der Waals surface area contributed by atoms with E-state index in [0.29, 0.717) is 5.92 Å². The second-order valence-electron chi connectivity index (χ2n) is 4.13. The molecule has 1 atom stereocenters. The summed E-state index contributed by atoms with van der Waals surface area (Å²) in [6, 6.07) is 8.85. The van der Waals surface area contributed by atoms with Crippen LogP contribution >= 0.6 is 35.0 Å². The van der Waals surface area contributed by atoms with Gasteiger partial charge in [-0.25, -0.2) is 0 Å². The fourth-order valence-electron chi connectivity index (χ4n) is 2.30. The van der Waals surface area contributed by atoms with Crippen LogP contribution in [0.5, 0.6) is 0 Å². The molecule has 0 radical (unpaired) electrons. The Bertz CT molecular complexity index is 310. The molecule has 0 saturated heterocycles. The van der Waals surface area contributed by atoms with Crippen LogP contribution in [0.4, 0.5) is 0 Å². The van der Waals surface area contributed by atoms with Gasteiger partial charge in [-0.1, -0.05) is 25.0 Å². The van der Waals surface area contributed by atoms with Gasteiger partial charge in [0.2, 0.25) is 0 Å². The SMILES string of the molecule is Cl.N[C@@H](c1cccc(I)c1)C1CCCC1. The molecule has 1 aromatic carbocycles. The number of halogens is 2. The van der Waals surface area contributed by atoms with E-state index in [1.807, 2.05) is 0 Å². The monoisotopic (exact) mass is 337 g/mol. The Hall–Kier alpha value is 0.200. The van der Waals surface area contributed by atoms with Crippen LogP contribution in [0.15, 0.2) is 24.3 Å². The van der Waals surface area contributed by atoms with Gasteiger partial charge in [0.1, 0.15) is 0 Å². The van der Waals surface area contributed by atoms with Gasteiger partial charge in [0.15, 0.2) is 0 Å². The highest BCUT2D eigenvalue weighted by Crippen LogP contribution is 2.34. The predicted octanol–water partition coefficient (Wildman–Crippen LogP) is 3.90. The molecule has 84 valence electrons. The first-order valence-electron chi connectivity index (χ1n) is 5.28. The lowest BCUT2D eigenvalue weighted by molar-refractivity contribution is 0.445. The van der Waals surface area contributed by atoms with E-state index in [0.717, 1.165) is 0 Å². The molecule has 0 aliphatic heterocycles. The molecule has 3 heteroatoms. The number of hydrogen-bond donors (Lipinski definition) is 1. The summed E-state index contributed by atoms with van der Waals surface area (Å²) < 4.78 is 1.29. The van der Waals surface area contributed by atoms with Crippen LogP contribution in [-0.4, -0.2) is 0 Å². The summed E-state index contributed by atoms with van der Waals surface area (Å²) in [7, 11) is 0. The van der Waals surface area contributed by atoms with Crippen molar-refractivity contribution < 1.29 is 0 Å². The first kappa shape index (κ1) is 13.3. The Morgan fingerprint density at radius 1 is 1.27 bits per heavy atom. The molecule has 1 aromatic rings. The summed E-state index contributed by atoms with van der Waals surface area (Å²) in [5.74, 6) is 0.716. The van der Waals surface area contributed by atoms with Gasteiger partial charge in [0.25, 0.3) is 0 Å². The zero-order chi connectivity index (χ0) is 9.97. The number of nitrogens with two attached hydrogens (primary N) is 1. The topological polar surface area (TPSA) is 26.0 Å². The molecule has 0 amide bonds. The van der Waals surface area contributed by atoms with Gasteiger partial charge in [-0.05, 0) is 59.0 Å². The van der Waals surface area contributed by atoms with Crippen LogP contribution < -0.4 is 5.73 Å². The maximum atomic E-state index is 6.27. The summed E-state index contributed by atoms with van der Waals surface area (Å²) in [6.45, 7) is 0. The number of benzene rings is 1. The van der Waals surface area contributed by atoms with Crippen molar-refractivity contribution in [3.63, 3.8) is 0 Å². The van der Waals surface area contributed by atoms with Crippen molar-refractivity contribution in [3.05, 3.63) is 33.4 Å². The van der Waals surface area contributed by atoms with Crippen LogP contribution in [0.1, 0.15) is 37.3 Å². The summed E-state index contributed by atoms with van der Waals surface area (Å²) in [6.07, 6.45) is 5.35. The standard InChI is InChI=1S/C12H16IN.ClH/c13-11-7-3-6-10(8-11)12(14)9-4-1-2-5-9;/h3,6-9,12H,1-2,4-5,14H2;1H/t12-;/m1./s1. The Kier molecular flexibility index (Phi) is 5.36. The Labute approximate surface area is 111 Å². The molecule has 1 nitrogen and oxygen atoms in total. The normalized spacial score (nSPS) is 18.5. The summed E-state index contributed by atoms with van der Waals surface area (Å²) in [4.78, 5) is 0. The van der Waals surface area contributed by atoms with E-state index in [1.54, 1.807) is 0 Å². The third-order valence-electron chi connectivity index (χ3n) is 3.14. The maximum absolute atomic E-state index is 6.27. The lowest BCUT2D eigenvalue weighted by atomic mass is 9.93. The Balaban J connectivity index is 0.00000112. The lowest BCUT2D eigenvalue weighted by Gasteiger charge is -2.19. The van der Waals surface area contributed by atoms with Crippen LogP contribution in [0.25, 0.3) is 0 Å². The van der Waals surface area contributed by atoms with Gasteiger partial charge in [0.05, 0.1) is 0 Å². The number of hydrogen-bond acceptors (Lipinski definition) is 1. The molecule has 0 unspecified atom stereocenters. The van der Waals surface area contributed by atoms with E-state index < -0.39 is 0 Å². The zero-order valence-electron chi connectivity index (χ0n) is 8.66. The first-order valence-corrected chi connectivity index (χ1v) is 6.36. The molecule has 1 fully saturated rings. The summed E-state index contributed by atoms with van der Waals surface area (Å²) in [5.41, 5.74) is 7.57. The van der Waals surface area contributed by atoms with Crippen LogP contribution in [0.3, 0.4) is 0 Å². The Morgan fingerprint density at radius 2 is 1.93 bits per heavy atom. The minimum Gasteiger partial charge on any atom is -0.324 e. The van der Waals surface area contributed by atoms with Crippen molar-refractivity contribution in [2.24, 2.45) is 11.7 Å². The smallest absolute Gasteiger partial charge is 0.0323 e.